The van der Waals surface area contributed by atoms with Gasteiger partial charge in [0.25, 0.3) is 11.1 Å². The maximum absolute atomic E-state index is 13.0. The van der Waals surface area contributed by atoms with Crippen LogP contribution in [0.1, 0.15) is 28.4 Å². The molecule has 2 amide bonds. The fourth-order valence-electron chi connectivity index (χ4n) is 4.08. The van der Waals surface area contributed by atoms with Crippen molar-refractivity contribution in [2.24, 2.45) is 0 Å². The van der Waals surface area contributed by atoms with Crippen molar-refractivity contribution in [3.05, 3.63) is 113 Å². The second-order valence-corrected chi connectivity index (χ2v) is 9.30. The molecule has 0 spiro atoms. The third kappa shape index (κ3) is 5.27. The topological polar surface area (TPSA) is 72.9 Å². The van der Waals surface area contributed by atoms with Gasteiger partial charge in [0.05, 0.1) is 23.6 Å². The van der Waals surface area contributed by atoms with Gasteiger partial charge in [-0.15, -0.1) is 0 Å². The van der Waals surface area contributed by atoms with Crippen molar-refractivity contribution in [2.75, 3.05) is 6.61 Å². The van der Waals surface area contributed by atoms with E-state index in [0.29, 0.717) is 28.4 Å². The van der Waals surface area contributed by atoms with Crippen LogP contribution in [0, 0.1) is 0 Å². The lowest BCUT2D eigenvalue weighted by Crippen LogP contribution is -2.27. The number of thioether (sulfide) groups is 1. The quantitative estimate of drug-likeness (QED) is 0.157. The first-order chi connectivity index (χ1) is 18.0. The van der Waals surface area contributed by atoms with Gasteiger partial charge in [-0.25, -0.2) is 4.79 Å². The van der Waals surface area contributed by atoms with Gasteiger partial charge in [0.1, 0.15) is 0 Å². The molecule has 0 saturated carbocycles. The second-order valence-electron chi connectivity index (χ2n) is 8.31. The van der Waals surface area contributed by atoms with Crippen molar-refractivity contribution in [1.29, 1.82) is 0 Å². The summed E-state index contributed by atoms with van der Waals surface area (Å²) in [7, 11) is 0. The molecule has 1 aliphatic rings. The largest absolute Gasteiger partial charge is 0.490 e. The molecule has 0 aliphatic carbocycles. The molecule has 4 aromatic carbocycles. The van der Waals surface area contributed by atoms with E-state index in [1.807, 2.05) is 73.7 Å². The van der Waals surface area contributed by atoms with Crippen molar-refractivity contribution in [2.45, 2.75) is 13.5 Å². The highest BCUT2D eigenvalue weighted by Crippen LogP contribution is 2.36. The molecule has 7 heteroatoms. The van der Waals surface area contributed by atoms with E-state index in [1.165, 1.54) is 4.90 Å². The molecule has 1 saturated heterocycles. The zero-order valence-corrected chi connectivity index (χ0v) is 20.9. The summed E-state index contributed by atoms with van der Waals surface area (Å²) >= 11 is 0.901. The van der Waals surface area contributed by atoms with Crippen LogP contribution >= 0.6 is 11.8 Å². The Morgan fingerprint density at radius 3 is 2.46 bits per heavy atom. The van der Waals surface area contributed by atoms with Gasteiger partial charge in [0, 0.05) is 0 Å². The van der Waals surface area contributed by atoms with E-state index >= 15 is 0 Å². The van der Waals surface area contributed by atoms with Gasteiger partial charge >= 0.3 is 5.97 Å². The maximum atomic E-state index is 13.0. The smallest absolute Gasteiger partial charge is 0.344 e. The van der Waals surface area contributed by atoms with Gasteiger partial charge in [0.15, 0.2) is 11.5 Å². The van der Waals surface area contributed by atoms with Crippen LogP contribution in [0.25, 0.3) is 16.8 Å². The van der Waals surface area contributed by atoms with Crippen LogP contribution in [0.15, 0.2) is 95.9 Å². The van der Waals surface area contributed by atoms with Gasteiger partial charge in [-0.3, -0.25) is 14.5 Å². The Hall–Kier alpha value is -4.36. The van der Waals surface area contributed by atoms with Gasteiger partial charge in [-0.05, 0) is 64.9 Å². The molecule has 0 unspecified atom stereocenters. The number of rotatable bonds is 7. The molecule has 6 nitrogen and oxygen atoms in total. The summed E-state index contributed by atoms with van der Waals surface area (Å²) in [6.45, 7) is 2.41. The summed E-state index contributed by atoms with van der Waals surface area (Å²) < 4.78 is 11.5. The molecule has 0 aromatic heterocycles. The molecule has 0 bridgehead atoms. The minimum absolute atomic E-state index is 0.218. The second kappa shape index (κ2) is 10.7. The Balaban J connectivity index is 1.38. The van der Waals surface area contributed by atoms with E-state index in [4.69, 9.17) is 9.47 Å². The average Bonchev–Trinajstić information content (AvgIpc) is 3.17. The van der Waals surface area contributed by atoms with Crippen LogP contribution < -0.4 is 9.47 Å². The number of fused-ring (bicyclic) bond motifs is 1. The van der Waals surface area contributed by atoms with Crippen molar-refractivity contribution in [3.8, 4) is 11.5 Å². The summed E-state index contributed by atoms with van der Waals surface area (Å²) in [6, 6.07) is 27.5. The molecular weight excluding hydrogens is 486 g/mol. The van der Waals surface area contributed by atoms with Crippen molar-refractivity contribution >= 4 is 45.7 Å². The molecular formula is C30H23NO5S. The van der Waals surface area contributed by atoms with E-state index in [2.05, 4.69) is 0 Å². The van der Waals surface area contributed by atoms with E-state index < -0.39 is 5.97 Å². The number of carbonyl (C=O) groups excluding carboxylic acids is 3. The van der Waals surface area contributed by atoms with Crippen LogP contribution in [-0.2, 0) is 11.3 Å². The first-order valence-electron chi connectivity index (χ1n) is 11.8. The first kappa shape index (κ1) is 24.3. The van der Waals surface area contributed by atoms with Crippen molar-refractivity contribution in [1.82, 2.24) is 4.90 Å². The first-order valence-corrected chi connectivity index (χ1v) is 12.6. The number of esters is 1. The van der Waals surface area contributed by atoms with E-state index in [0.717, 1.165) is 28.1 Å². The van der Waals surface area contributed by atoms with Gasteiger partial charge in [-0.1, -0.05) is 72.8 Å². The van der Waals surface area contributed by atoms with Gasteiger partial charge in [0.2, 0.25) is 0 Å². The van der Waals surface area contributed by atoms with Gasteiger partial charge in [-0.2, -0.15) is 0 Å². The summed E-state index contributed by atoms with van der Waals surface area (Å²) in [5.74, 6) is -0.196. The zero-order chi connectivity index (χ0) is 25.8. The van der Waals surface area contributed by atoms with Crippen LogP contribution in [-0.4, -0.2) is 28.6 Å². The van der Waals surface area contributed by atoms with E-state index in [9.17, 15) is 14.4 Å². The van der Waals surface area contributed by atoms with Crippen molar-refractivity contribution in [3.63, 3.8) is 0 Å². The normalized spacial score (nSPS) is 14.4. The minimum atomic E-state index is -0.493. The number of benzene rings is 4. The number of amides is 2. The predicted octanol–water partition coefficient (Wildman–Crippen LogP) is 6.69. The molecule has 0 radical (unpaired) electrons. The summed E-state index contributed by atoms with van der Waals surface area (Å²) in [5.41, 5.74) is 1.98. The Kier molecular flexibility index (Phi) is 7.05. The lowest BCUT2D eigenvalue weighted by molar-refractivity contribution is -0.123. The molecule has 4 aromatic rings. The monoisotopic (exact) mass is 509 g/mol. The molecule has 0 N–H and O–H groups in total. The predicted molar refractivity (Wildman–Crippen MR) is 144 cm³/mol. The van der Waals surface area contributed by atoms with Gasteiger partial charge < -0.3 is 9.47 Å². The molecule has 5 rings (SSSR count). The molecule has 1 aliphatic heterocycles. The van der Waals surface area contributed by atoms with Crippen LogP contribution in [0.4, 0.5) is 4.79 Å². The third-order valence-electron chi connectivity index (χ3n) is 5.83. The number of carbonyl (C=O) groups is 3. The molecule has 1 fully saturated rings. The molecule has 37 heavy (non-hydrogen) atoms. The molecule has 0 atom stereocenters. The Labute approximate surface area is 218 Å². The van der Waals surface area contributed by atoms with E-state index in [1.54, 1.807) is 30.3 Å². The standard InChI is InChI=1S/C30H23NO5S/c1-2-35-26-17-21(18-27-28(32)31(30(34)37-27)19-20-9-4-3-5-10-20)15-16-25(26)36-29(33)24-14-8-12-22-11-6-7-13-23(22)24/h3-18H,2,19H2,1H3/b27-18-. The lowest BCUT2D eigenvalue weighted by Gasteiger charge is -2.13. The number of imide groups is 1. The van der Waals surface area contributed by atoms with Crippen LogP contribution in [0.5, 0.6) is 11.5 Å². The minimum Gasteiger partial charge on any atom is -0.490 e. The molecule has 1 heterocycles. The fraction of sp³-hybridized carbons (Fsp3) is 0.100. The molecule has 184 valence electrons. The number of hydrogen-bond donors (Lipinski definition) is 0. The fourth-order valence-corrected chi connectivity index (χ4v) is 4.92. The maximum Gasteiger partial charge on any atom is 0.344 e. The third-order valence-corrected chi connectivity index (χ3v) is 6.74. The van der Waals surface area contributed by atoms with Crippen LogP contribution in [0.2, 0.25) is 0 Å². The number of ether oxygens (including phenoxy) is 2. The van der Waals surface area contributed by atoms with Crippen molar-refractivity contribution < 1.29 is 23.9 Å². The summed E-state index contributed by atoms with van der Waals surface area (Å²) in [6.07, 6.45) is 1.65. The Bertz CT molecular complexity index is 1520. The average molecular weight is 510 g/mol. The van der Waals surface area contributed by atoms with Crippen LogP contribution in [0.3, 0.4) is 0 Å². The Morgan fingerprint density at radius 2 is 1.65 bits per heavy atom. The summed E-state index contributed by atoms with van der Waals surface area (Å²) in [4.78, 5) is 40.0. The summed E-state index contributed by atoms with van der Waals surface area (Å²) in [5, 5.41) is 1.43. The lowest BCUT2D eigenvalue weighted by atomic mass is 10.0. The zero-order valence-electron chi connectivity index (χ0n) is 20.0. The number of nitrogens with zero attached hydrogens (tertiary/aromatic N) is 1. The number of hydrogen-bond acceptors (Lipinski definition) is 6. The highest BCUT2D eigenvalue weighted by molar-refractivity contribution is 8.18. The Morgan fingerprint density at radius 1 is 0.892 bits per heavy atom. The SMILES string of the molecule is CCOc1cc(/C=C2\SC(=O)N(Cc3ccccc3)C2=O)ccc1OC(=O)c1cccc2ccccc12. The van der Waals surface area contributed by atoms with E-state index in [-0.39, 0.29) is 23.4 Å². The highest BCUT2D eigenvalue weighted by Gasteiger charge is 2.35. The highest BCUT2D eigenvalue weighted by atomic mass is 32.2.